The molecule has 0 N–H and O–H groups in total. The van der Waals surface area contributed by atoms with Gasteiger partial charge in [-0.2, -0.15) is 0 Å². The van der Waals surface area contributed by atoms with Crippen molar-refractivity contribution in [3.63, 3.8) is 0 Å². The second-order valence-corrected chi connectivity index (χ2v) is 6.45. The van der Waals surface area contributed by atoms with Crippen molar-refractivity contribution in [2.45, 2.75) is 50.7 Å². The van der Waals surface area contributed by atoms with Gasteiger partial charge in [0.25, 0.3) is 0 Å². The lowest BCUT2D eigenvalue weighted by atomic mass is 10.2. The van der Waals surface area contributed by atoms with Crippen LogP contribution in [0.2, 0.25) is 0 Å². The van der Waals surface area contributed by atoms with E-state index in [0.29, 0.717) is 0 Å². The summed E-state index contributed by atoms with van der Waals surface area (Å²) in [7, 11) is 0. The molecule has 2 aromatic heterocycles. The van der Waals surface area contributed by atoms with Crippen molar-refractivity contribution in [3.8, 4) is 0 Å². The number of nitrogens with zero attached hydrogens (tertiary/aromatic N) is 4. The molecule has 3 heterocycles. The quantitative estimate of drug-likeness (QED) is 0.869. The van der Waals surface area contributed by atoms with Crippen molar-refractivity contribution in [3.05, 3.63) is 30.2 Å². The van der Waals surface area contributed by atoms with Crippen LogP contribution in [0.5, 0.6) is 0 Å². The lowest BCUT2D eigenvalue weighted by Crippen LogP contribution is -2.35. The van der Waals surface area contributed by atoms with E-state index in [4.69, 9.17) is 4.74 Å². The molecule has 2 fully saturated rings. The van der Waals surface area contributed by atoms with Crippen LogP contribution in [-0.4, -0.2) is 44.7 Å². The van der Waals surface area contributed by atoms with Crippen LogP contribution in [0.15, 0.2) is 24.4 Å². The molecule has 1 aliphatic carbocycles. The van der Waals surface area contributed by atoms with Gasteiger partial charge in [-0.3, -0.25) is 9.20 Å². The first-order valence-corrected chi connectivity index (χ1v) is 8.53. The number of rotatable bonds is 4. The number of aromatic nitrogens is 3. The van der Waals surface area contributed by atoms with Crippen molar-refractivity contribution in [2.24, 2.45) is 0 Å². The summed E-state index contributed by atoms with van der Waals surface area (Å²) in [6, 6.07) is 5.85. The van der Waals surface area contributed by atoms with Gasteiger partial charge in [-0.05, 0) is 37.8 Å². The minimum atomic E-state index is 0.00655. The van der Waals surface area contributed by atoms with Crippen molar-refractivity contribution >= 4 is 11.6 Å². The molecule has 1 atom stereocenters. The Labute approximate surface area is 135 Å². The summed E-state index contributed by atoms with van der Waals surface area (Å²) in [6.07, 6.45) is 8.78. The number of pyridine rings is 1. The topological polar surface area (TPSA) is 59.7 Å². The summed E-state index contributed by atoms with van der Waals surface area (Å²) in [5.74, 6) is 0.930. The first-order valence-electron chi connectivity index (χ1n) is 8.53. The minimum Gasteiger partial charge on any atom is -0.368 e. The van der Waals surface area contributed by atoms with Crippen LogP contribution < -0.4 is 0 Å². The third-order valence-corrected chi connectivity index (χ3v) is 4.96. The summed E-state index contributed by atoms with van der Waals surface area (Å²) in [6.45, 7) is 0.969. The normalized spacial score (nSPS) is 22.3. The molecule has 2 aliphatic rings. The molecule has 1 aliphatic heterocycles. The zero-order valence-electron chi connectivity index (χ0n) is 13.2. The predicted molar refractivity (Wildman–Crippen MR) is 84.9 cm³/mol. The molecule has 4 rings (SSSR count). The molecule has 0 aromatic carbocycles. The standard InChI is InChI=1S/C17H22N4O2/c22-16(12-23-13-6-1-2-7-13)20-11-5-8-14(20)17-19-18-15-9-3-4-10-21(15)17/h3-4,9-10,13-14H,1-2,5-8,11-12H2/t14-/m1/s1. The second-order valence-electron chi connectivity index (χ2n) is 6.45. The van der Waals surface area contributed by atoms with Crippen molar-refractivity contribution in [1.82, 2.24) is 19.5 Å². The molecule has 6 nitrogen and oxygen atoms in total. The van der Waals surface area contributed by atoms with Gasteiger partial charge in [0.15, 0.2) is 11.5 Å². The molecule has 1 amide bonds. The molecule has 1 saturated heterocycles. The van der Waals surface area contributed by atoms with Gasteiger partial charge in [-0.1, -0.05) is 18.9 Å². The van der Waals surface area contributed by atoms with E-state index >= 15 is 0 Å². The van der Waals surface area contributed by atoms with Gasteiger partial charge in [0.05, 0.1) is 12.1 Å². The molecule has 0 radical (unpaired) electrons. The maximum absolute atomic E-state index is 12.6. The first-order chi connectivity index (χ1) is 11.3. The smallest absolute Gasteiger partial charge is 0.249 e. The Morgan fingerprint density at radius 1 is 1.17 bits per heavy atom. The van der Waals surface area contributed by atoms with E-state index in [2.05, 4.69) is 10.2 Å². The van der Waals surface area contributed by atoms with E-state index in [9.17, 15) is 4.79 Å². The Balaban J connectivity index is 1.48. The molecule has 23 heavy (non-hydrogen) atoms. The lowest BCUT2D eigenvalue weighted by molar-refractivity contribution is -0.139. The SMILES string of the molecule is O=C(COC1CCCC1)N1CCC[C@@H]1c1nnc2ccccn12. The molecule has 0 bridgehead atoms. The summed E-state index contributed by atoms with van der Waals surface area (Å²) in [4.78, 5) is 14.5. The van der Waals surface area contributed by atoms with Crippen molar-refractivity contribution in [2.75, 3.05) is 13.2 Å². The van der Waals surface area contributed by atoms with Crippen molar-refractivity contribution in [1.29, 1.82) is 0 Å². The van der Waals surface area contributed by atoms with Crippen LogP contribution in [0.25, 0.3) is 5.65 Å². The molecule has 6 heteroatoms. The monoisotopic (exact) mass is 314 g/mol. The number of ether oxygens (including phenoxy) is 1. The van der Waals surface area contributed by atoms with E-state index < -0.39 is 0 Å². The molecule has 122 valence electrons. The Kier molecular flexibility index (Phi) is 3.99. The van der Waals surface area contributed by atoms with Gasteiger partial charge in [0.1, 0.15) is 6.61 Å². The number of hydrogen-bond donors (Lipinski definition) is 0. The molecule has 1 saturated carbocycles. The van der Waals surface area contributed by atoms with E-state index in [-0.39, 0.29) is 24.7 Å². The fourth-order valence-corrected chi connectivity index (χ4v) is 3.75. The number of hydrogen-bond acceptors (Lipinski definition) is 4. The average molecular weight is 314 g/mol. The number of carbonyl (C=O) groups excluding carboxylic acids is 1. The van der Waals surface area contributed by atoms with Gasteiger partial charge < -0.3 is 9.64 Å². The first kappa shape index (κ1) is 14.6. The summed E-state index contributed by atoms with van der Waals surface area (Å²) in [5.41, 5.74) is 0.823. The highest BCUT2D eigenvalue weighted by Gasteiger charge is 2.33. The Hall–Kier alpha value is -1.95. The predicted octanol–water partition coefficient (Wildman–Crippen LogP) is 2.35. The fourth-order valence-electron chi connectivity index (χ4n) is 3.75. The van der Waals surface area contributed by atoms with Gasteiger partial charge in [-0.15, -0.1) is 10.2 Å². The molecular weight excluding hydrogens is 292 g/mol. The second kappa shape index (κ2) is 6.28. The van der Waals surface area contributed by atoms with Crippen LogP contribution in [0.4, 0.5) is 0 Å². The number of carbonyl (C=O) groups is 1. The minimum absolute atomic E-state index is 0.00655. The fraction of sp³-hybridized carbons (Fsp3) is 0.588. The highest BCUT2D eigenvalue weighted by molar-refractivity contribution is 5.78. The largest absolute Gasteiger partial charge is 0.368 e. The molecular formula is C17H22N4O2. The number of likely N-dealkylation sites (tertiary alicyclic amines) is 1. The van der Waals surface area contributed by atoms with Crippen LogP contribution >= 0.6 is 0 Å². The Bertz CT molecular complexity index is 693. The zero-order chi connectivity index (χ0) is 15.6. The van der Waals surface area contributed by atoms with E-state index in [0.717, 1.165) is 43.7 Å². The highest BCUT2D eigenvalue weighted by atomic mass is 16.5. The summed E-state index contributed by atoms with van der Waals surface area (Å²) in [5, 5.41) is 8.54. The zero-order valence-corrected chi connectivity index (χ0v) is 13.2. The van der Waals surface area contributed by atoms with Gasteiger partial charge >= 0.3 is 0 Å². The number of fused-ring (bicyclic) bond motifs is 1. The lowest BCUT2D eigenvalue weighted by Gasteiger charge is -2.24. The van der Waals surface area contributed by atoms with E-state index in [1.165, 1.54) is 12.8 Å². The summed E-state index contributed by atoms with van der Waals surface area (Å²) < 4.78 is 7.78. The van der Waals surface area contributed by atoms with Crippen LogP contribution in [0, 0.1) is 0 Å². The van der Waals surface area contributed by atoms with Crippen LogP contribution in [-0.2, 0) is 9.53 Å². The van der Waals surface area contributed by atoms with E-state index in [1.807, 2.05) is 33.7 Å². The van der Waals surface area contributed by atoms with Gasteiger partial charge in [0, 0.05) is 12.7 Å². The maximum Gasteiger partial charge on any atom is 0.249 e. The molecule has 2 aromatic rings. The highest BCUT2D eigenvalue weighted by Crippen LogP contribution is 2.31. The average Bonchev–Trinajstić information content (AvgIpc) is 3.31. The third-order valence-electron chi connectivity index (χ3n) is 4.96. The van der Waals surface area contributed by atoms with Crippen molar-refractivity contribution < 1.29 is 9.53 Å². The van der Waals surface area contributed by atoms with Crippen LogP contribution in [0.1, 0.15) is 50.4 Å². The molecule has 0 spiro atoms. The Morgan fingerprint density at radius 2 is 2.04 bits per heavy atom. The number of amides is 1. The van der Waals surface area contributed by atoms with E-state index in [1.54, 1.807) is 0 Å². The van der Waals surface area contributed by atoms with Gasteiger partial charge in [-0.25, -0.2) is 0 Å². The molecule has 0 unspecified atom stereocenters. The van der Waals surface area contributed by atoms with Crippen LogP contribution in [0.3, 0.4) is 0 Å². The Morgan fingerprint density at radius 3 is 2.91 bits per heavy atom. The maximum atomic E-state index is 12.6. The third kappa shape index (κ3) is 2.83. The summed E-state index contributed by atoms with van der Waals surface area (Å²) >= 11 is 0. The van der Waals surface area contributed by atoms with Gasteiger partial charge in [0.2, 0.25) is 5.91 Å².